The molecule has 1 amide bonds. The molecule has 0 N–H and O–H groups in total. The Balaban J connectivity index is 1.44. The van der Waals surface area contributed by atoms with Gasteiger partial charge in [0.05, 0.1) is 23.4 Å². The zero-order chi connectivity index (χ0) is 24.5. The van der Waals surface area contributed by atoms with Crippen LogP contribution < -0.4 is 9.64 Å². The fraction of sp³-hybridized carbons (Fsp3) is 0.0385. The van der Waals surface area contributed by atoms with E-state index >= 15 is 0 Å². The van der Waals surface area contributed by atoms with Crippen molar-refractivity contribution in [2.45, 2.75) is 9.79 Å². The maximum atomic E-state index is 13.3. The van der Waals surface area contributed by atoms with Crippen molar-refractivity contribution in [3.05, 3.63) is 99.8 Å². The Morgan fingerprint density at radius 2 is 1.86 bits per heavy atom. The van der Waals surface area contributed by atoms with Crippen molar-refractivity contribution in [3.63, 3.8) is 0 Å². The number of anilines is 2. The number of hydrogen-bond acceptors (Lipinski definition) is 6. The Hall–Kier alpha value is -4.01. The third-order valence-electron chi connectivity index (χ3n) is 5.39. The Bertz CT molecular complexity index is 1500. The van der Waals surface area contributed by atoms with E-state index in [4.69, 9.17) is 20.8 Å². The average molecular weight is 505 g/mol. The van der Waals surface area contributed by atoms with Crippen LogP contribution in [0.25, 0.3) is 17.4 Å². The largest absolute Gasteiger partial charge is 0.490 e. The summed E-state index contributed by atoms with van der Waals surface area (Å²) in [5.41, 5.74) is 1.84. The van der Waals surface area contributed by atoms with Gasteiger partial charge in [-0.05, 0) is 60.7 Å². The summed E-state index contributed by atoms with van der Waals surface area (Å²) < 4.78 is 10.9. The first kappa shape index (κ1) is 22.8. The number of amides is 1. The SMILES string of the molecule is COc1ccc(-c2ccc(/C=C/C(=O)N3c4ccccc4Sc4ccc(Cl)cc43)o2)cc1[N+](=O)[O-]. The van der Waals surface area contributed by atoms with Crippen molar-refractivity contribution in [1.82, 2.24) is 0 Å². The molecule has 1 aromatic heterocycles. The van der Waals surface area contributed by atoms with Gasteiger partial charge in [0.1, 0.15) is 11.5 Å². The van der Waals surface area contributed by atoms with Gasteiger partial charge in [-0.3, -0.25) is 19.8 Å². The predicted octanol–water partition coefficient (Wildman–Crippen LogP) is 7.36. The highest BCUT2D eigenvalue weighted by atomic mass is 35.5. The molecule has 2 heterocycles. The summed E-state index contributed by atoms with van der Waals surface area (Å²) >= 11 is 7.81. The van der Waals surface area contributed by atoms with E-state index in [0.29, 0.717) is 27.8 Å². The average Bonchev–Trinajstić information content (AvgIpc) is 3.34. The molecule has 0 atom stereocenters. The molecule has 5 rings (SSSR count). The van der Waals surface area contributed by atoms with E-state index in [1.165, 1.54) is 25.3 Å². The Morgan fingerprint density at radius 3 is 2.66 bits per heavy atom. The first-order chi connectivity index (χ1) is 16.9. The highest BCUT2D eigenvalue weighted by molar-refractivity contribution is 7.99. The van der Waals surface area contributed by atoms with Crippen LogP contribution in [-0.4, -0.2) is 17.9 Å². The fourth-order valence-electron chi connectivity index (χ4n) is 3.78. The molecular weight excluding hydrogens is 488 g/mol. The molecule has 1 aliphatic heterocycles. The van der Waals surface area contributed by atoms with Crippen LogP contribution in [0.2, 0.25) is 5.02 Å². The van der Waals surface area contributed by atoms with Gasteiger partial charge in [0, 0.05) is 32.5 Å². The van der Waals surface area contributed by atoms with Crippen LogP contribution in [0.1, 0.15) is 5.76 Å². The van der Waals surface area contributed by atoms with Gasteiger partial charge in [-0.25, -0.2) is 0 Å². The summed E-state index contributed by atoms with van der Waals surface area (Å²) in [6, 6.07) is 21.1. The summed E-state index contributed by atoms with van der Waals surface area (Å²) in [5.74, 6) is 0.758. The molecule has 3 aromatic carbocycles. The standard InChI is InChI=1S/C26H17ClN2O5S/c1-33-23-10-6-16(14-20(23)29(31)32)22-11-8-18(34-22)9-13-26(30)28-19-4-2-3-5-24(19)35-25-12-7-17(27)15-21(25)28/h2-15H,1H3/b13-9+. The minimum absolute atomic E-state index is 0.160. The van der Waals surface area contributed by atoms with Crippen molar-refractivity contribution in [3.8, 4) is 17.1 Å². The highest BCUT2D eigenvalue weighted by Crippen LogP contribution is 2.48. The molecule has 174 valence electrons. The number of furan rings is 1. The predicted molar refractivity (Wildman–Crippen MR) is 136 cm³/mol. The number of nitro groups is 1. The van der Waals surface area contributed by atoms with Crippen LogP contribution in [0.3, 0.4) is 0 Å². The molecule has 0 radical (unpaired) electrons. The molecule has 4 aromatic rings. The molecule has 1 aliphatic rings. The van der Waals surface area contributed by atoms with Crippen molar-refractivity contribution >= 4 is 52.4 Å². The summed E-state index contributed by atoms with van der Waals surface area (Å²) in [5, 5.41) is 11.9. The topological polar surface area (TPSA) is 85.8 Å². The summed E-state index contributed by atoms with van der Waals surface area (Å²) in [4.78, 5) is 27.7. The molecule has 0 fully saturated rings. The number of rotatable bonds is 5. The maximum Gasteiger partial charge on any atom is 0.311 e. The number of nitrogens with zero attached hydrogens (tertiary/aromatic N) is 2. The van der Waals surface area contributed by atoms with E-state index in [1.54, 1.807) is 53.1 Å². The lowest BCUT2D eigenvalue weighted by Gasteiger charge is -2.30. The molecule has 0 spiro atoms. The van der Waals surface area contributed by atoms with Gasteiger partial charge in [0.15, 0.2) is 5.75 Å². The summed E-state index contributed by atoms with van der Waals surface area (Å²) in [6.45, 7) is 0. The van der Waals surface area contributed by atoms with Crippen LogP contribution in [0.5, 0.6) is 5.75 Å². The van der Waals surface area contributed by atoms with Crippen LogP contribution in [-0.2, 0) is 4.79 Å². The summed E-state index contributed by atoms with van der Waals surface area (Å²) in [6.07, 6.45) is 2.99. The van der Waals surface area contributed by atoms with Crippen LogP contribution in [0.15, 0.2) is 93.1 Å². The molecule has 0 saturated carbocycles. The molecule has 7 nitrogen and oxygen atoms in total. The van der Waals surface area contributed by atoms with Crippen molar-refractivity contribution < 1.29 is 18.9 Å². The lowest BCUT2D eigenvalue weighted by Crippen LogP contribution is -2.26. The Kier molecular flexibility index (Phi) is 6.07. The second-order valence-electron chi connectivity index (χ2n) is 7.53. The number of methoxy groups -OCH3 is 1. The quantitative estimate of drug-likeness (QED) is 0.160. The molecule has 0 unspecified atom stereocenters. The molecule has 0 aliphatic carbocycles. The third-order valence-corrected chi connectivity index (χ3v) is 6.75. The van der Waals surface area contributed by atoms with Gasteiger partial charge >= 0.3 is 5.69 Å². The normalized spacial score (nSPS) is 12.3. The number of carbonyl (C=O) groups is 1. The van der Waals surface area contributed by atoms with Gasteiger partial charge in [-0.15, -0.1) is 0 Å². The Morgan fingerprint density at radius 1 is 1.06 bits per heavy atom. The lowest BCUT2D eigenvalue weighted by atomic mass is 10.1. The molecule has 9 heteroatoms. The third kappa shape index (κ3) is 4.41. The minimum Gasteiger partial charge on any atom is -0.490 e. The van der Waals surface area contributed by atoms with Crippen molar-refractivity contribution in [2.24, 2.45) is 0 Å². The number of nitro benzene ring substituents is 1. The van der Waals surface area contributed by atoms with Crippen molar-refractivity contribution in [2.75, 3.05) is 12.0 Å². The van der Waals surface area contributed by atoms with E-state index in [0.717, 1.165) is 15.5 Å². The van der Waals surface area contributed by atoms with E-state index in [1.807, 2.05) is 30.3 Å². The molecule has 0 saturated heterocycles. The number of fused-ring (bicyclic) bond motifs is 2. The lowest BCUT2D eigenvalue weighted by molar-refractivity contribution is -0.385. The van der Waals surface area contributed by atoms with Crippen LogP contribution >= 0.6 is 23.4 Å². The first-order valence-electron chi connectivity index (χ1n) is 10.5. The van der Waals surface area contributed by atoms with Crippen LogP contribution in [0, 0.1) is 10.1 Å². The first-order valence-corrected chi connectivity index (χ1v) is 11.7. The highest BCUT2D eigenvalue weighted by Gasteiger charge is 2.27. The van der Waals surface area contributed by atoms with E-state index in [2.05, 4.69) is 0 Å². The molecule has 0 bridgehead atoms. The number of ether oxygens (including phenoxy) is 1. The zero-order valence-corrected chi connectivity index (χ0v) is 19.9. The van der Waals surface area contributed by atoms with E-state index < -0.39 is 4.92 Å². The number of halogens is 1. The minimum atomic E-state index is -0.510. The second-order valence-corrected chi connectivity index (χ2v) is 9.05. The summed E-state index contributed by atoms with van der Waals surface area (Å²) in [7, 11) is 1.38. The number of carbonyl (C=O) groups excluding carboxylic acids is 1. The van der Waals surface area contributed by atoms with Gasteiger partial charge < -0.3 is 9.15 Å². The fourth-order valence-corrected chi connectivity index (χ4v) is 4.98. The second kappa shape index (κ2) is 9.32. The van der Waals surface area contributed by atoms with E-state index in [9.17, 15) is 14.9 Å². The molecular formula is C26H17ClN2O5S. The zero-order valence-electron chi connectivity index (χ0n) is 18.3. The van der Waals surface area contributed by atoms with Crippen molar-refractivity contribution in [1.29, 1.82) is 0 Å². The monoisotopic (exact) mass is 504 g/mol. The van der Waals surface area contributed by atoms with E-state index in [-0.39, 0.29) is 17.3 Å². The van der Waals surface area contributed by atoms with Gasteiger partial charge in [0.2, 0.25) is 0 Å². The maximum absolute atomic E-state index is 13.3. The van der Waals surface area contributed by atoms with Crippen LogP contribution in [0.4, 0.5) is 17.1 Å². The van der Waals surface area contributed by atoms with Gasteiger partial charge in [-0.2, -0.15) is 0 Å². The number of hydrogen-bond donors (Lipinski definition) is 0. The number of benzene rings is 3. The molecule has 35 heavy (non-hydrogen) atoms. The van der Waals surface area contributed by atoms with Gasteiger partial charge in [-0.1, -0.05) is 35.5 Å². The number of para-hydroxylation sites is 1. The smallest absolute Gasteiger partial charge is 0.311 e. The Labute approximate surface area is 209 Å². The van der Waals surface area contributed by atoms with Gasteiger partial charge in [0.25, 0.3) is 5.91 Å².